The number of halogens is 2. The van der Waals surface area contributed by atoms with E-state index >= 15 is 0 Å². The zero-order chi connectivity index (χ0) is 10.3. The second-order valence-electron chi connectivity index (χ2n) is 3.19. The summed E-state index contributed by atoms with van der Waals surface area (Å²) in [6, 6.07) is 3.58. The number of pyridine rings is 1. The number of aromatic nitrogens is 1. The highest BCUT2D eigenvalue weighted by molar-refractivity contribution is 6.36. The second kappa shape index (κ2) is 3.46. The van der Waals surface area contributed by atoms with Crippen molar-refractivity contribution in [3.63, 3.8) is 0 Å². The van der Waals surface area contributed by atoms with E-state index in [1.807, 2.05) is 17.4 Å². The lowest BCUT2D eigenvalue weighted by Gasteiger charge is -2.02. The summed E-state index contributed by atoms with van der Waals surface area (Å²) in [5, 5.41) is 10.3. The van der Waals surface area contributed by atoms with Gasteiger partial charge >= 0.3 is 0 Å². The number of nitrogens with zero attached hydrogens (tertiary/aromatic N) is 1. The summed E-state index contributed by atoms with van der Waals surface area (Å²) in [5.74, 6) is 0. The summed E-state index contributed by atoms with van der Waals surface area (Å²) in [6.45, 7) is 1.93. The predicted molar refractivity (Wildman–Crippen MR) is 58.1 cm³/mol. The Balaban J connectivity index is 2.89. The topological polar surface area (TPSA) is 24.6 Å². The van der Waals surface area contributed by atoms with Crippen LogP contribution in [-0.4, -0.2) is 9.51 Å². The zero-order valence-electron chi connectivity index (χ0n) is 7.59. The Labute approximate surface area is 91.7 Å². The van der Waals surface area contributed by atoms with E-state index in [2.05, 4.69) is 0 Å². The summed E-state index contributed by atoms with van der Waals surface area (Å²) in [6.07, 6.45) is 1.79. The molecular formula is C10H9Cl2NO. The summed E-state index contributed by atoms with van der Waals surface area (Å²) >= 11 is 11.9. The fourth-order valence-corrected chi connectivity index (χ4v) is 2.22. The van der Waals surface area contributed by atoms with Gasteiger partial charge in [0.05, 0.1) is 22.2 Å². The maximum atomic E-state index is 9.14. The molecule has 0 aromatic carbocycles. The average Bonchev–Trinajstić information content (AvgIpc) is 2.43. The first-order valence-electron chi connectivity index (χ1n) is 4.20. The number of aliphatic hydroxyl groups is 1. The van der Waals surface area contributed by atoms with Crippen LogP contribution >= 0.6 is 23.2 Å². The van der Waals surface area contributed by atoms with E-state index in [9.17, 15) is 0 Å². The Morgan fingerprint density at radius 1 is 1.36 bits per heavy atom. The van der Waals surface area contributed by atoms with E-state index in [1.54, 1.807) is 12.3 Å². The third-order valence-corrected chi connectivity index (χ3v) is 2.72. The molecule has 2 aromatic heterocycles. The average molecular weight is 230 g/mol. The van der Waals surface area contributed by atoms with Gasteiger partial charge in [0.2, 0.25) is 0 Å². The van der Waals surface area contributed by atoms with E-state index in [0.717, 1.165) is 16.8 Å². The maximum absolute atomic E-state index is 9.14. The van der Waals surface area contributed by atoms with Crippen LogP contribution in [0.2, 0.25) is 10.0 Å². The van der Waals surface area contributed by atoms with Crippen molar-refractivity contribution >= 4 is 28.7 Å². The zero-order valence-corrected chi connectivity index (χ0v) is 9.10. The largest absolute Gasteiger partial charge is 0.392 e. The van der Waals surface area contributed by atoms with Gasteiger partial charge in [-0.1, -0.05) is 23.2 Å². The molecule has 2 aromatic rings. The standard InChI is InChI=1S/C10H9Cl2NO/c1-6-2-7(5-14)10-9(12)3-8(11)4-13(6)10/h2-4,14H,5H2,1H3. The molecule has 0 amide bonds. The Morgan fingerprint density at radius 2 is 2.07 bits per heavy atom. The molecule has 2 heterocycles. The number of hydrogen-bond acceptors (Lipinski definition) is 1. The van der Waals surface area contributed by atoms with Crippen LogP contribution in [0.1, 0.15) is 11.3 Å². The van der Waals surface area contributed by atoms with Crippen molar-refractivity contribution in [3.8, 4) is 0 Å². The summed E-state index contributed by atoms with van der Waals surface area (Å²) in [7, 11) is 0. The summed E-state index contributed by atoms with van der Waals surface area (Å²) < 4.78 is 1.89. The molecule has 1 N–H and O–H groups in total. The molecule has 0 aliphatic heterocycles. The van der Waals surface area contributed by atoms with Crippen molar-refractivity contribution in [1.29, 1.82) is 0 Å². The molecule has 0 unspecified atom stereocenters. The van der Waals surface area contributed by atoms with Crippen molar-refractivity contribution < 1.29 is 5.11 Å². The molecule has 14 heavy (non-hydrogen) atoms. The van der Waals surface area contributed by atoms with Crippen molar-refractivity contribution in [3.05, 3.63) is 39.6 Å². The number of hydrogen-bond donors (Lipinski definition) is 1. The molecule has 4 heteroatoms. The minimum atomic E-state index is -0.0152. The van der Waals surface area contributed by atoms with Crippen LogP contribution in [0.25, 0.3) is 5.52 Å². The highest BCUT2D eigenvalue weighted by Crippen LogP contribution is 2.27. The van der Waals surface area contributed by atoms with Crippen molar-refractivity contribution in [2.75, 3.05) is 0 Å². The minimum absolute atomic E-state index is 0.0152. The molecule has 2 rings (SSSR count). The molecular weight excluding hydrogens is 221 g/mol. The maximum Gasteiger partial charge on any atom is 0.0703 e. The summed E-state index contributed by atoms with van der Waals surface area (Å²) in [5.41, 5.74) is 2.66. The van der Waals surface area contributed by atoms with E-state index in [0.29, 0.717) is 10.0 Å². The number of fused-ring (bicyclic) bond motifs is 1. The van der Waals surface area contributed by atoms with Gasteiger partial charge in [-0.25, -0.2) is 0 Å². The van der Waals surface area contributed by atoms with Crippen LogP contribution in [-0.2, 0) is 6.61 Å². The van der Waals surface area contributed by atoms with Crippen molar-refractivity contribution in [1.82, 2.24) is 4.40 Å². The molecule has 2 nitrogen and oxygen atoms in total. The van der Waals surface area contributed by atoms with Crippen LogP contribution in [0.3, 0.4) is 0 Å². The molecule has 0 atom stereocenters. The van der Waals surface area contributed by atoms with Crippen molar-refractivity contribution in [2.45, 2.75) is 13.5 Å². The molecule has 0 aliphatic carbocycles. The normalized spacial score (nSPS) is 11.1. The number of rotatable bonds is 1. The third kappa shape index (κ3) is 1.40. The number of aryl methyl sites for hydroxylation is 1. The molecule has 74 valence electrons. The molecule has 0 saturated heterocycles. The van der Waals surface area contributed by atoms with Gasteiger partial charge in [-0.2, -0.15) is 0 Å². The first kappa shape index (κ1) is 9.84. The second-order valence-corrected chi connectivity index (χ2v) is 4.04. The van der Waals surface area contributed by atoms with Gasteiger partial charge in [0, 0.05) is 17.5 Å². The fourth-order valence-electron chi connectivity index (χ4n) is 1.63. The lowest BCUT2D eigenvalue weighted by Crippen LogP contribution is -1.88. The summed E-state index contributed by atoms with van der Waals surface area (Å²) in [4.78, 5) is 0. The van der Waals surface area contributed by atoms with E-state index in [4.69, 9.17) is 28.3 Å². The Hall–Kier alpha value is -0.700. The van der Waals surface area contributed by atoms with Crippen LogP contribution in [0.4, 0.5) is 0 Å². The minimum Gasteiger partial charge on any atom is -0.392 e. The van der Waals surface area contributed by atoms with Gasteiger partial charge in [0.15, 0.2) is 0 Å². The van der Waals surface area contributed by atoms with Gasteiger partial charge < -0.3 is 9.51 Å². The number of aliphatic hydroxyl groups excluding tert-OH is 1. The monoisotopic (exact) mass is 229 g/mol. The van der Waals surface area contributed by atoms with E-state index in [-0.39, 0.29) is 6.61 Å². The van der Waals surface area contributed by atoms with Crippen LogP contribution in [0, 0.1) is 6.92 Å². The van der Waals surface area contributed by atoms with E-state index in [1.165, 1.54) is 0 Å². The smallest absolute Gasteiger partial charge is 0.0703 e. The van der Waals surface area contributed by atoms with Crippen molar-refractivity contribution in [2.24, 2.45) is 0 Å². The molecule has 0 fully saturated rings. The van der Waals surface area contributed by atoms with Gasteiger partial charge in [-0.15, -0.1) is 0 Å². The first-order valence-corrected chi connectivity index (χ1v) is 4.95. The highest BCUT2D eigenvalue weighted by Gasteiger charge is 2.09. The van der Waals surface area contributed by atoms with E-state index < -0.39 is 0 Å². The van der Waals surface area contributed by atoms with Crippen LogP contribution in [0.15, 0.2) is 18.3 Å². The van der Waals surface area contributed by atoms with Crippen LogP contribution < -0.4 is 0 Å². The molecule has 0 aliphatic rings. The van der Waals surface area contributed by atoms with Gasteiger partial charge in [-0.05, 0) is 19.1 Å². The van der Waals surface area contributed by atoms with Gasteiger partial charge in [0.25, 0.3) is 0 Å². The molecule has 0 spiro atoms. The Morgan fingerprint density at radius 3 is 2.71 bits per heavy atom. The SMILES string of the molecule is Cc1cc(CO)c2c(Cl)cc(Cl)cn12. The predicted octanol–water partition coefficient (Wildman–Crippen LogP) is 3.05. The lowest BCUT2D eigenvalue weighted by atomic mass is 10.2. The Kier molecular flexibility index (Phi) is 2.43. The quantitative estimate of drug-likeness (QED) is 0.799. The third-order valence-electron chi connectivity index (χ3n) is 2.22. The fraction of sp³-hybridized carbons (Fsp3) is 0.200. The molecule has 0 bridgehead atoms. The highest BCUT2D eigenvalue weighted by atomic mass is 35.5. The van der Waals surface area contributed by atoms with Crippen LogP contribution in [0.5, 0.6) is 0 Å². The molecule has 0 radical (unpaired) electrons. The Bertz CT molecular complexity index is 490. The first-order chi connectivity index (χ1) is 6.63. The molecule has 0 saturated carbocycles. The lowest BCUT2D eigenvalue weighted by molar-refractivity contribution is 0.283. The van der Waals surface area contributed by atoms with Gasteiger partial charge in [0.1, 0.15) is 0 Å². The van der Waals surface area contributed by atoms with Gasteiger partial charge in [-0.3, -0.25) is 0 Å².